The first-order chi connectivity index (χ1) is 26.1. The number of Topliss-reactive ketones (excluding diaryl/α,β-unsaturated/α-hetero) is 1. The van der Waals surface area contributed by atoms with Gasteiger partial charge in [0.15, 0.2) is 6.10 Å². The number of allylic oxidation sites excluding steroid dienone is 2. The summed E-state index contributed by atoms with van der Waals surface area (Å²) in [5, 5.41) is 0. The van der Waals surface area contributed by atoms with E-state index in [4.69, 9.17) is 24.3 Å². The van der Waals surface area contributed by atoms with Crippen LogP contribution >= 0.6 is 7.82 Å². The molecule has 3 unspecified atom stereocenters. The molecule has 11 heteroatoms. The minimum Gasteiger partial charge on any atom is -0.462 e. The van der Waals surface area contributed by atoms with Crippen molar-refractivity contribution in [3.05, 3.63) is 12.2 Å². The smallest absolute Gasteiger partial charge is 0.462 e. The molecule has 0 fully saturated rings. The first-order valence-electron chi connectivity index (χ1n) is 22.0. The van der Waals surface area contributed by atoms with E-state index in [2.05, 4.69) is 19.9 Å². The van der Waals surface area contributed by atoms with Crippen LogP contribution < -0.4 is 5.73 Å². The molecule has 0 aromatic heterocycles. The van der Waals surface area contributed by atoms with Gasteiger partial charge >= 0.3 is 19.8 Å². The Bertz CT molecular complexity index is 977. The number of rotatable bonds is 41. The van der Waals surface area contributed by atoms with Crippen molar-refractivity contribution in [3.8, 4) is 0 Å². The van der Waals surface area contributed by atoms with E-state index in [1.807, 2.05) is 6.08 Å². The summed E-state index contributed by atoms with van der Waals surface area (Å²) in [6.45, 7) is 4.39. The van der Waals surface area contributed by atoms with E-state index in [1.54, 1.807) is 0 Å². The molecule has 0 aliphatic heterocycles. The number of ketones is 1. The second kappa shape index (κ2) is 38.3. The fourth-order valence-electron chi connectivity index (χ4n) is 6.13. The largest absolute Gasteiger partial charge is 0.472 e. The van der Waals surface area contributed by atoms with E-state index < -0.39 is 50.9 Å². The predicted octanol–water partition coefficient (Wildman–Crippen LogP) is 11.8. The van der Waals surface area contributed by atoms with Crippen molar-refractivity contribution in [1.82, 2.24) is 0 Å². The molecule has 0 aromatic carbocycles. The first kappa shape index (κ1) is 52.4. The van der Waals surface area contributed by atoms with E-state index in [0.717, 1.165) is 32.1 Å². The van der Waals surface area contributed by atoms with Crippen LogP contribution in [0.2, 0.25) is 0 Å². The van der Waals surface area contributed by atoms with Gasteiger partial charge in [-0.3, -0.25) is 23.4 Å². The van der Waals surface area contributed by atoms with Crippen LogP contribution in [0.15, 0.2) is 12.2 Å². The van der Waals surface area contributed by atoms with Crippen LogP contribution in [0.3, 0.4) is 0 Å². The third-order valence-corrected chi connectivity index (χ3v) is 10.7. The lowest BCUT2D eigenvalue weighted by molar-refractivity contribution is -0.161. The third-order valence-electron chi connectivity index (χ3n) is 9.73. The molecule has 0 radical (unpaired) electrons. The lowest BCUT2D eigenvalue weighted by Crippen LogP contribution is -2.33. The van der Waals surface area contributed by atoms with Crippen molar-refractivity contribution >= 4 is 25.5 Å². The summed E-state index contributed by atoms with van der Waals surface area (Å²) in [7, 11) is -4.61. The van der Waals surface area contributed by atoms with Crippen molar-refractivity contribution in [1.29, 1.82) is 0 Å². The molecule has 0 aliphatic carbocycles. The highest BCUT2D eigenvalue weighted by atomic mass is 31.2. The zero-order chi connectivity index (χ0) is 40.0. The molecule has 0 saturated carbocycles. The normalized spacial score (nSPS) is 13.9. The summed E-state index contributed by atoms with van der Waals surface area (Å²) in [6, 6.07) is -1.08. The van der Waals surface area contributed by atoms with Gasteiger partial charge in [-0.25, -0.2) is 4.57 Å². The Morgan fingerprint density at radius 1 is 0.556 bits per heavy atom. The second-order valence-corrected chi connectivity index (χ2v) is 16.6. The van der Waals surface area contributed by atoms with Gasteiger partial charge in [-0.15, -0.1) is 0 Å². The molecule has 318 valence electrons. The zero-order valence-electron chi connectivity index (χ0n) is 34.9. The average molecular weight is 788 g/mol. The highest BCUT2D eigenvalue weighted by Gasteiger charge is 2.27. The summed E-state index contributed by atoms with van der Waals surface area (Å²) < 4.78 is 33.0. The minimum absolute atomic E-state index is 0.110. The van der Waals surface area contributed by atoms with Crippen molar-refractivity contribution in [3.63, 3.8) is 0 Å². The fraction of sp³-hybridized carbons (Fsp3) is 0.884. The molecule has 10 nitrogen and oxygen atoms in total. The van der Waals surface area contributed by atoms with Gasteiger partial charge in [0.2, 0.25) is 0 Å². The van der Waals surface area contributed by atoms with Crippen LogP contribution in [0.25, 0.3) is 0 Å². The van der Waals surface area contributed by atoms with Crippen molar-refractivity contribution in [2.75, 3.05) is 19.8 Å². The van der Waals surface area contributed by atoms with E-state index in [-0.39, 0.29) is 19.4 Å². The van der Waals surface area contributed by atoms with Crippen LogP contribution in [0.1, 0.15) is 213 Å². The van der Waals surface area contributed by atoms with Gasteiger partial charge in [0, 0.05) is 12.8 Å². The standard InChI is InChI=1S/C43H82NO9P/c1-4-6-8-10-12-14-16-18-20-22-24-26-28-30-32-34-42(46)50-36-40(37-51-54(48,49)52-38-41(44)39(3)45)53-43(47)35-33-31-29-27-25-23-21-19-17-15-13-11-9-7-5-2/h29,31,40-41H,4-28,30,32-38,44H2,1-3H3,(H,48,49). The number of phosphoric acid groups is 1. The molecular weight excluding hydrogens is 705 g/mol. The number of unbranched alkanes of at least 4 members (excludes halogenated alkanes) is 25. The van der Waals surface area contributed by atoms with E-state index in [1.165, 1.54) is 142 Å². The maximum Gasteiger partial charge on any atom is 0.472 e. The van der Waals surface area contributed by atoms with Crippen molar-refractivity contribution in [2.24, 2.45) is 5.73 Å². The lowest BCUT2D eigenvalue weighted by atomic mass is 10.0. The van der Waals surface area contributed by atoms with Gasteiger partial charge in [-0.1, -0.05) is 180 Å². The third kappa shape index (κ3) is 37.3. The Balaban J connectivity index is 4.38. The maximum atomic E-state index is 12.6. The van der Waals surface area contributed by atoms with Gasteiger partial charge in [-0.2, -0.15) is 0 Å². The number of carbonyl (C=O) groups excluding carboxylic acids is 3. The molecule has 0 aromatic rings. The van der Waals surface area contributed by atoms with Gasteiger partial charge in [0.05, 0.1) is 19.3 Å². The van der Waals surface area contributed by atoms with Gasteiger partial charge in [0.25, 0.3) is 0 Å². The lowest BCUT2D eigenvalue weighted by Gasteiger charge is -2.20. The molecule has 54 heavy (non-hydrogen) atoms. The van der Waals surface area contributed by atoms with Crippen molar-refractivity contribution in [2.45, 2.75) is 226 Å². The molecule has 0 saturated heterocycles. The van der Waals surface area contributed by atoms with E-state index in [9.17, 15) is 23.8 Å². The van der Waals surface area contributed by atoms with Gasteiger partial charge in [0.1, 0.15) is 12.4 Å². The monoisotopic (exact) mass is 788 g/mol. The molecule has 0 spiro atoms. The Hall–Kier alpha value is -1.58. The second-order valence-electron chi connectivity index (χ2n) is 15.1. The highest BCUT2D eigenvalue weighted by molar-refractivity contribution is 7.47. The number of esters is 2. The number of hydrogen-bond donors (Lipinski definition) is 2. The molecule has 0 bridgehead atoms. The molecule has 3 N–H and O–H groups in total. The Morgan fingerprint density at radius 2 is 0.963 bits per heavy atom. The SMILES string of the molecule is CCCCCCCCCCCCCC=CCCC(=O)OC(COC(=O)CCCCCCCCCCCCCCCCC)COP(=O)(O)OCC(N)C(C)=O. The summed E-state index contributed by atoms with van der Waals surface area (Å²) in [4.78, 5) is 46.4. The fourth-order valence-corrected chi connectivity index (χ4v) is 6.91. The number of hydrogen-bond acceptors (Lipinski definition) is 9. The van der Waals surface area contributed by atoms with Crippen LogP contribution in [0.5, 0.6) is 0 Å². The van der Waals surface area contributed by atoms with Crippen LogP contribution in [-0.4, -0.2) is 54.6 Å². The predicted molar refractivity (Wildman–Crippen MR) is 220 cm³/mol. The van der Waals surface area contributed by atoms with Crippen LogP contribution in [0.4, 0.5) is 0 Å². The number of carbonyl (C=O) groups is 3. The molecular formula is C43H82NO9P. The highest BCUT2D eigenvalue weighted by Crippen LogP contribution is 2.43. The number of nitrogens with two attached hydrogens (primary N) is 1. The molecule has 0 amide bonds. The van der Waals surface area contributed by atoms with Gasteiger partial charge < -0.3 is 20.1 Å². The number of phosphoric ester groups is 1. The van der Waals surface area contributed by atoms with E-state index >= 15 is 0 Å². The van der Waals surface area contributed by atoms with Crippen LogP contribution in [-0.2, 0) is 37.5 Å². The summed E-state index contributed by atoms with van der Waals surface area (Å²) in [5.41, 5.74) is 5.58. The quantitative estimate of drug-likeness (QED) is 0.0265. The van der Waals surface area contributed by atoms with E-state index in [0.29, 0.717) is 12.8 Å². The number of ether oxygens (including phenoxy) is 2. The topological polar surface area (TPSA) is 151 Å². The molecule has 0 rings (SSSR count). The van der Waals surface area contributed by atoms with Crippen molar-refractivity contribution < 1.29 is 42.4 Å². The Kier molecular flexibility index (Phi) is 37.2. The minimum atomic E-state index is -4.61. The Labute approximate surface area is 330 Å². The Morgan fingerprint density at radius 3 is 1.43 bits per heavy atom. The average Bonchev–Trinajstić information content (AvgIpc) is 3.14. The molecule has 3 atom stereocenters. The zero-order valence-corrected chi connectivity index (χ0v) is 35.8. The van der Waals surface area contributed by atoms with Gasteiger partial charge in [-0.05, 0) is 32.6 Å². The van der Waals surface area contributed by atoms with Crippen LogP contribution in [0, 0.1) is 0 Å². The molecule has 0 heterocycles. The summed E-state index contributed by atoms with van der Waals surface area (Å²) in [6.07, 6.45) is 37.6. The first-order valence-corrected chi connectivity index (χ1v) is 23.5. The molecule has 0 aliphatic rings. The summed E-state index contributed by atoms with van der Waals surface area (Å²) in [5.74, 6) is -1.36. The maximum absolute atomic E-state index is 12.6. The summed E-state index contributed by atoms with van der Waals surface area (Å²) >= 11 is 0.